The average molecular weight is 223 g/mol. The maximum Gasteiger partial charge on any atom is 2.00 e. The largest absolute Gasteiger partial charge is 2.00 e. The van der Waals surface area contributed by atoms with E-state index < -0.39 is 0 Å². The van der Waals surface area contributed by atoms with Crippen molar-refractivity contribution in [3.8, 4) is 0 Å². The predicted molar refractivity (Wildman–Crippen MR) is 54.6 cm³/mol. The molecule has 80 valence electrons. The standard InChI is InChI=1S/2C5H8O2.Mg/c2*1-4(6)3-5(2)7;/h2*3,6H,1-2H3;/q;;+2/p-2. The molecule has 0 bridgehead atoms. The fraction of sp³-hybridized carbons (Fsp3) is 0.400. The van der Waals surface area contributed by atoms with Crippen molar-refractivity contribution < 1.29 is 19.8 Å². The topological polar surface area (TPSA) is 80.3 Å². The van der Waals surface area contributed by atoms with Crippen LogP contribution in [0.5, 0.6) is 0 Å². The Morgan fingerprint density at radius 2 is 1.00 bits per heavy atom. The molecule has 0 heterocycles. The van der Waals surface area contributed by atoms with Crippen molar-refractivity contribution in [3.05, 3.63) is 23.7 Å². The maximum atomic E-state index is 9.98. The van der Waals surface area contributed by atoms with E-state index in [9.17, 15) is 19.8 Å². The van der Waals surface area contributed by atoms with Crippen LogP contribution in [0.15, 0.2) is 23.7 Å². The van der Waals surface area contributed by atoms with Gasteiger partial charge in [-0.15, -0.1) is 11.5 Å². The quantitative estimate of drug-likeness (QED) is 0.351. The zero-order valence-electron chi connectivity index (χ0n) is 9.49. The van der Waals surface area contributed by atoms with Crippen LogP contribution in [-0.2, 0) is 9.59 Å². The molecule has 0 rings (SSSR count). The number of carbonyl (C=O) groups excluding carboxylic acids is 2. The van der Waals surface area contributed by atoms with E-state index in [-0.39, 0.29) is 46.1 Å². The molecular formula is C10H14MgO4. The van der Waals surface area contributed by atoms with Gasteiger partial charge in [-0.05, 0) is 26.0 Å². The number of carbonyl (C=O) groups is 2. The van der Waals surface area contributed by atoms with Crippen molar-refractivity contribution in [1.82, 2.24) is 0 Å². The first kappa shape index (κ1) is 19.7. The molecule has 0 aliphatic rings. The number of allylic oxidation sites excluding steroid dienone is 4. The summed E-state index contributed by atoms with van der Waals surface area (Å²) in [7, 11) is 0. The Hall–Kier alpha value is -0.814. The molecule has 0 atom stereocenters. The van der Waals surface area contributed by atoms with Crippen molar-refractivity contribution in [2.75, 3.05) is 0 Å². The molecule has 0 radical (unpaired) electrons. The summed E-state index contributed by atoms with van der Waals surface area (Å²) in [5.74, 6) is -0.750. The zero-order chi connectivity index (χ0) is 11.7. The van der Waals surface area contributed by atoms with Crippen LogP contribution in [-0.4, -0.2) is 34.6 Å². The van der Waals surface area contributed by atoms with Gasteiger partial charge in [-0.2, -0.15) is 0 Å². The molecule has 15 heavy (non-hydrogen) atoms. The molecule has 0 N–H and O–H groups in total. The third kappa shape index (κ3) is 32.0. The first-order valence-corrected chi connectivity index (χ1v) is 3.97. The molecule has 0 aliphatic carbocycles. The Kier molecular flexibility index (Phi) is 14.8. The van der Waals surface area contributed by atoms with Gasteiger partial charge >= 0.3 is 23.1 Å². The molecule has 0 fully saturated rings. The Labute approximate surface area is 106 Å². The first-order valence-electron chi connectivity index (χ1n) is 3.97. The van der Waals surface area contributed by atoms with E-state index in [2.05, 4.69) is 0 Å². The van der Waals surface area contributed by atoms with Crippen molar-refractivity contribution in [2.45, 2.75) is 27.7 Å². The molecular weight excluding hydrogens is 208 g/mol. The van der Waals surface area contributed by atoms with Crippen LogP contribution < -0.4 is 10.2 Å². The monoisotopic (exact) mass is 222 g/mol. The zero-order valence-corrected chi connectivity index (χ0v) is 10.9. The summed E-state index contributed by atoms with van der Waals surface area (Å²) in [6.07, 6.45) is 2.11. The number of ketones is 2. The molecule has 0 saturated carbocycles. The molecule has 0 aliphatic heterocycles. The third-order valence-electron chi connectivity index (χ3n) is 0.813. The van der Waals surface area contributed by atoms with Crippen LogP contribution in [0.4, 0.5) is 0 Å². The third-order valence-corrected chi connectivity index (χ3v) is 0.813. The summed E-state index contributed by atoms with van der Waals surface area (Å²) in [4.78, 5) is 20.0. The van der Waals surface area contributed by atoms with E-state index >= 15 is 0 Å². The fourth-order valence-corrected chi connectivity index (χ4v) is 0.572. The van der Waals surface area contributed by atoms with E-state index in [4.69, 9.17) is 0 Å². The first-order chi connectivity index (χ1) is 6.25. The van der Waals surface area contributed by atoms with Gasteiger partial charge in [0.25, 0.3) is 0 Å². The molecule has 0 aromatic rings. The summed E-state index contributed by atoms with van der Waals surface area (Å²) in [6.45, 7) is 5.39. The van der Waals surface area contributed by atoms with E-state index in [1.54, 1.807) is 0 Å². The average Bonchev–Trinajstić information content (AvgIpc) is 1.79. The number of rotatable bonds is 2. The van der Waals surface area contributed by atoms with E-state index in [1.165, 1.54) is 27.7 Å². The van der Waals surface area contributed by atoms with Crippen LogP contribution in [0.25, 0.3) is 0 Å². The van der Waals surface area contributed by atoms with E-state index in [0.29, 0.717) is 0 Å². The minimum absolute atomic E-state index is 0. The van der Waals surface area contributed by atoms with Gasteiger partial charge in [-0.25, -0.2) is 0 Å². The Morgan fingerprint density at radius 3 is 1.00 bits per heavy atom. The minimum Gasteiger partial charge on any atom is -0.876 e. The smallest absolute Gasteiger partial charge is 0.876 e. The second-order valence-corrected chi connectivity index (χ2v) is 2.73. The second kappa shape index (κ2) is 11.3. The normalized spacial score (nSPS) is 10.7. The number of hydrogen-bond acceptors (Lipinski definition) is 4. The van der Waals surface area contributed by atoms with Crippen molar-refractivity contribution in [1.29, 1.82) is 0 Å². The summed E-state index contributed by atoms with van der Waals surface area (Å²) < 4.78 is 0. The van der Waals surface area contributed by atoms with Crippen LogP contribution in [0.2, 0.25) is 0 Å². The Bertz CT molecular complexity index is 231. The van der Waals surface area contributed by atoms with Crippen molar-refractivity contribution >= 4 is 34.6 Å². The maximum absolute atomic E-state index is 9.98. The van der Waals surface area contributed by atoms with Crippen molar-refractivity contribution in [3.63, 3.8) is 0 Å². The molecule has 0 amide bonds. The number of hydrogen-bond donors (Lipinski definition) is 0. The van der Waals surface area contributed by atoms with Gasteiger partial charge in [0.2, 0.25) is 0 Å². The fourth-order valence-electron chi connectivity index (χ4n) is 0.572. The van der Waals surface area contributed by atoms with Gasteiger partial charge in [0.05, 0.1) is 0 Å². The molecule has 0 unspecified atom stereocenters. The molecule has 5 heteroatoms. The Morgan fingerprint density at radius 1 is 0.800 bits per heavy atom. The summed E-state index contributed by atoms with van der Waals surface area (Å²) in [5, 5.41) is 20.0. The van der Waals surface area contributed by atoms with Crippen LogP contribution >= 0.6 is 0 Å². The van der Waals surface area contributed by atoms with Gasteiger partial charge in [0.1, 0.15) is 0 Å². The van der Waals surface area contributed by atoms with Crippen LogP contribution in [0.3, 0.4) is 0 Å². The van der Waals surface area contributed by atoms with Gasteiger partial charge < -0.3 is 10.2 Å². The Balaban J connectivity index is -0.000000180. The SMILES string of the molecule is CC(=O)C=C(C)[O-].CC(=O)C=C(C)[O-].[Mg+2]. The molecule has 4 nitrogen and oxygen atoms in total. The summed E-state index contributed by atoms with van der Waals surface area (Å²) >= 11 is 0. The molecule has 0 aromatic heterocycles. The van der Waals surface area contributed by atoms with Gasteiger partial charge in [0.15, 0.2) is 11.6 Å². The molecule has 0 saturated heterocycles. The van der Waals surface area contributed by atoms with Gasteiger partial charge in [-0.1, -0.05) is 13.8 Å². The minimum atomic E-state index is -0.187. The van der Waals surface area contributed by atoms with Crippen LogP contribution in [0.1, 0.15) is 27.7 Å². The van der Waals surface area contributed by atoms with Gasteiger partial charge in [0, 0.05) is 0 Å². The second-order valence-electron chi connectivity index (χ2n) is 2.73. The van der Waals surface area contributed by atoms with E-state index in [1.807, 2.05) is 0 Å². The molecule has 0 spiro atoms. The summed E-state index contributed by atoms with van der Waals surface area (Å²) in [5.41, 5.74) is 0. The molecule has 0 aromatic carbocycles. The predicted octanol–water partition coefficient (Wildman–Crippen LogP) is -0.702. The van der Waals surface area contributed by atoms with E-state index in [0.717, 1.165) is 12.2 Å². The van der Waals surface area contributed by atoms with Crippen LogP contribution in [0, 0.1) is 0 Å². The van der Waals surface area contributed by atoms with Crippen molar-refractivity contribution in [2.24, 2.45) is 0 Å². The summed E-state index contributed by atoms with van der Waals surface area (Å²) in [6, 6.07) is 0. The van der Waals surface area contributed by atoms with Gasteiger partial charge in [-0.3, -0.25) is 9.59 Å².